The Morgan fingerprint density at radius 3 is 2.24 bits per heavy atom. The zero-order valence-corrected chi connectivity index (χ0v) is 23.3. The summed E-state index contributed by atoms with van der Waals surface area (Å²) in [5.41, 5.74) is 2.11. The normalized spacial score (nSPS) is 10.6. The molecule has 4 aromatic rings. The SMILES string of the molecule is COc1cccc(Nc2nc(NCCOCCOCCNC(=O)c3ccccc3)nc(NCc3cccc(F)c3)n2)c1. The average Bonchev–Trinajstić information content (AvgIpc) is 3.01. The Kier molecular flexibility index (Phi) is 11.8. The van der Waals surface area contributed by atoms with Gasteiger partial charge in [0.1, 0.15) is 11.6 Å². The molecule has 0 spiro atoms. The minimum absolute atomic E-state index is 0.131. The molecule has 0 aliphatic heterocycles. The maximum absolute atomic E-state index is 13.6. The summed E-state index contributed by atoms with van der Waals surface area (Å²) in [4.78, 5) is 25.3. The molecule has 11 nitrogen and oxygen atoms in total. The Morgan fingerprint density at radius 1 is 0.762 bits per heavy atom. The van der Waals surface area contributed by atoms with Crippen LogP contribution in [-0.4, -0.2) is 67.5 Å². The molecule has 12 heteroatoms. The van der Waals surface area contributed by atoms with E-state index < -0.39 is 0 Å². The zero-order chi connectivity index (χ0) is 29.4. The first-order valence-electron chi connectivity index (χ1n) is 13.5. The summed E-state index contributed by atoms with van der Waals surface area (Å²) in [6.07, 6.45) is 0. The number of carbonyl (C=O) groups is 1. The van der Waals surface area contributed by atoms with E-state index in [0.717, 1.165) is 11.3 Å². The van der Waals surface area contributed by atoms with Gasteiger partial charge in [-0.05, 0) is 42.0 Å². The molecule has 0 saturated carbocycles. The lowest BCUT2D eigenvalue weighted by Crippen LogP contribution is -2.27. The van der Waals surface area contributed by atoms with E-state index in [1.165, 1.54) is 12.1 Å². The maximum atomic E-state index is 13.6. The predicted octanol–water partition coefficient (Wildman–Crippen LogP) is 4.25. The van der Waals surface area contributed by atoms with Crippen LogP contribution in [-0.2, 0) is 16.0 Å². The summed E-state index contributed by atoms with van der Waals surface area (Å²) < 4.78 is 30.0. The number of rotatable bonds is 17. The molecule has 1 heterocycles. The lowest BCUT2D eigenvalue weighted by molar-refractivity contribution is 0.0519. The number of ether oxygens (including phenoxy) is 3. The van der Waals surface area contributed by atoms with E-state index in [0.29, 0.717) is 75.2 Å². The number of aromatic nitrogens is 3. The number of methoxy groups -OCH3 is 1. The van der Waals surface area contributed by atoms with E-state index in [4.69, 9.17) is 14.2 Å². The number of nitrogens with zero attached hydrogens (tertiary/aromatic N) is 3. The molecular weight excluding hydrogens is 541 g/mol. The molecule has 4 N–H and O–H groups in total. The van der Waals surface area contributed by atoms with Crippen LogP contribution >= 0.6 is 0 Å². The molecule has 1 amide bonds. The van der Waals surface area contributed by atoms with Crippen molar-refractivity contribution >= 4 is 29.4 Å². The van der Waals surface area contributed by atoms with Gasteiger partial charge in [-0.2, -0.15) is 15.0 Å². The Morgan fingerprint density at radius 2 is 1.48 bits per heavy atom. The van der Waals surface area contributed by atoms with E-state index >= 15 is 0 Å². The highest BCUT2D eigenvalue weighted by atomic mass is 19.1. The number of halogens is 1. The molecule has 0 unspecified atom stereocenters. The van der Waals surface area contributed by atoms with Gasteiger partial charge in [0.05, 0.1) is 33.5 Å². The van der Waals surface area contributed by atoms with E-state index in [-0.39, 0.29) is 11.7 Å². The number of anilines is 4. The first-order chi connectivity index (χ1) is 20.6. The molecule has 0 fully saturated rings. The summed E-state index contributed by atoms with van der Waals surface area (Å²) >= 11 is 0. The van der Waals surface area contributed by atoms with Crippen LogP contribution in [0.25, 0.3) is 0 Å². The monoisotopic (exact) mass is 575 g/mol. The molecule has 0 saturated heterocycles. The van der Waals surface area contributed by atoms with E-state index in [1.807, 2.05) is 48.5 Å². The van der Waals surface area contributed by atoms with Gasteiger partial charge >= 0.3 is 0 Å². The van der Waals surface area contributed by atoms with Crippen molar-refractivity contribution in [3.05, 3.63) is 95.8 Å². The van der Waals surface area contributed by atoms with Crippen LogP contribution in [0.4, 0.5) is 27.9 Å². The van der Waals surface area contributed by atoms with E-state index in [9.17, 15) is 9.18 Å². The lowest BCUT2D eigenvalue weighted by Gasteiger charge is -2.12. The van der Waals surface area contributed by atoms with Crippen molar-refractivity contribution in [2.45, 2.75) is 6.54 Å². The molecule has 3 aromatic carbocycles. The summed E-state index contributed by atoms with van der Waals surface area (Å²) in [5.74, 6) is 1.22. The molecule has 0 atom stereocenters. The molecule has 1 aromatic heterocycles. The predicted molar refractivity (Wildman–Crippen MR) is 159 cm³/mol. The average molecular weight is 576 g/mol. The number of carbonyl (C=O) groups excluding carboxylic acids is 1. The van der Waals surface area contributed by atoms with Crippen LogP contribution in [0.2, 0.25) is 0 Å². The van der Waals surface area contributed by atoms with Gasteiger partial charge in [0, 0.05) is 37.0 Å². The van der Waals surface area contributed by atoms with Crippen LogP contribution in [0.3, 0.4) is 0 Å². The third-order valence-corrected chi connectivity index (χ3v) is 5.77. The second kappa shape index (κ2) is 16.5. The van der Waals surface area contributed by atoms with Gasteiger partial charge in [0.15, 0.2) is 0 Å². The van der Waals surface area contributed by atoms with Gasteiger partial charge in [0.2, 0.25) is 17.8 Å². The Hall–Kier alpha value is -4.81. The van der Waals surface area contributed by atoms with Gasteiger partial charge in [-0.1, -0.05) is 36.4 Å². The summed E-state index contributed by atoms with van der Waals surface area (Å²) in [7, 11) is 1.60. The molecule has 4 rings (SSSR count). The summed E-state index contributed by atoms with van der Waals surface area (Å²) in [6.45, 7) is 2.77. The lowest BCUT2D eigenvalue weighted by atomic mass is 10.2. The van der Waals surface area contributed by atoms with E-state index in [2.05, 4.69) is 36.2 Å². The highest BCUT2D eigenvalue weighted by Gasteiger charge is 2.09. The van der Waals surface area contributed by atoms with Gasteiger partial charge in [0.25, 0.3) is 5.91 Å². The van der Waals surface area contributed by atoms with Gasteiger partial charge in [-0.25, -0.2) is 4.39 Å². The third-order valence-electron chi connectivity index (χ3n) is 5.77. The highest BCUT2D eigenvalue weighted by molar-refractivity contribution is 5.94. The molecular formula is C30H34FN7O4. The third kappa shape index (κ3) is 10.3. The largest absolute Gasteiger partial charge is 0.497 e. The van der Waals surface area contributed by atoms with Crippen LogP contribution in [0, 0.1) is 5.82 Å². The molecule has 0 aliphatic carbocycles. The van der Waals surface area contributed by atoms with Crippen molar-refractivity contribution in [1.29, 1.82) is 0 Å². The number of nitrogens with one attached hydrogen (secondary N) is 4. The Labute approximate surface area is 243 Å². The Bertz CT molecular complexity index is 1410. The van der Waals surface area contributed by atoms with Gasteiger partial charge < -0.3 is 35.5 Å². The second-order valence-electron chi connectivity index (χ2n) is 8.92. The fourth-order valence-electron chi connectivity index (χ4n) is 3.73. The number of hydrogen-bond donors (Lipinski definition) is 4. The fourth-order valence-corrected chi connectivity index (χ4v) is 3.73. The minimum Gasteiger partial charge on any atom is -0.497 e. The highest BCUT2D eigenvalue weighted by Crippen LogP contribution is 2.21. The summed E-state index contributed by atoms with van der Waals surface area (Å²) in [6, 6.07) is 22.7. The van der Waals surface area contributed by atoms with Crippen LogP contribution in [0.5, 0.6) is 5.75 Å². The molecule has 0 bridgehead atoms. The van der Waals surface area contributed by atoms with Crippen molar-refractivity contribution in [2.24, 2.45) is 0 Å². The first-order valence-corrected chi connectivity index (χ1v) is 13.5. The first kappa shape index (κ1) is 30.2. The number of benzene rings is 3. The summed E-state index contributed by atoms with van der Waals surface area (Å²) in [5, 5.41) is 12.2. The van der Waals surface area contributed by atoms with Crippen molar-refractivity contribution in [3.8, 4) is 5.75 Å². The minimum atomic E-state index is -0.312. The smallest absolute Gasteiger partial charge is 0.251 e. The van der Waals surface area contributed by atoms with Crippen LogP contribution in [0.1, 0.15) is 15.9 Å². The van der Waals surface area contributed by atoms with Gasteiger partial charge in [-0.3, -0.25) is 4.79 Å². The standard InChI is InChI=1S/C30H34FN7O4/c1-40-26-12-6-11-25(20-26)35-30-37-28(36-29(38-30)34-21-22-7-5-10-24(31)19-22)33-14-16-42-18-17-41-15-13-32-27(39)23-8-3-2-4-9-23/h2-12,19-20H,13-18,21H2,1H3,(H,32,39)(H3,33,34,35,36,37,38). The molecule has 0 radical (unpaired) electrons. The second-order valence-corrected chi connectivity index (χ2v) is 8.92. The van der Waals surface area contributed by atoms with Crippen molar-refractivity contribution < 1.29 is 23.4 Å². The molecule has 0 aliphatic rings. The fraction of sp³-hybridized carbons (Fsp3) is 0.267. The topological polar surface area (TPSA) is 132 Å². The van der Waals surface area contributed by atoms with Crippen molar-refractivity contribution in [3.63, 3.8) is 0 Å². The maximum Gasteiger partial charge on any atom is 0.251 e. The van der Waals surface area contributed by atoms with Crippen molar-refractivity contribution in [2.75, 3.05) is 62.6 Å². The number of amides is 1. The van der Waals surface area contributed by atoms with Crippen LogP contribution in [0.15, 0.2) is 78.9 Å². The Balaban J connectivity index is 1.21. The molecule has 42 heavy (non-hydrogen) atoms. The number of hydrogen-bond acceptors (Lipinski definition) is 10. The quantitative estimate of drug-likeness (QED) is 0.136. The van der Waals surface area contributed by atoms with Crippen LogP contribution < -0.4 is 26.0 Å². The zero-order valence-electron chi connectivity index (χ0n) is 23.3. The molecule has 220 valence electrons. The van der Waals surface area contributed by atoms with Gasteiger partial charge in [-0.15, -0.1) is 0 Å². The van der Waals surface area contributed by atoms with Crippen molar-refractivity contribution in [1.82, 2.24) is 20.3 Å². The van der Waals surface area contributed by atoms with E-state index in [1.54, 1.807) is 25.3 Å².